The van der Waals surface area contributed by atoms with Crippen LogP contribution in [-0.2, 0) is 0 Å². The Hall–Kier alpha value is -2.57. The van der Waals surface area contributed by atoms with E-state index in [0.717, 1.165) is 10.7 Å². The highest BCUT2D eigenvalue weighted by atomic mass is 32.1. The minimum atomic E-state index is 0.295. The third-order valence-electron chi connectivity index (χ3n) is 7.38. The molecule has 188 valence electrons. The van der Waals surface area contributed by atoms with Crippen molar-refractivity contribution in [1.29, 1.82) is 0 Å². The largest absolute Gasteiger partial charge is 0.508 e. The maximum absolute atomic E-state index is 9.94. The first-order valence-corrected chi connectivity index (χ1v) is 18.0. The molecule has 0 unspecified atom stereocenters. The molecule has 39 heavy (non-hydrogen) atoms. The Labute approximate surface area is 248 Å². The summed E-state index contributed by atoms with van der Waals surface area (Å²) in [5, 5.41) is 13.9. The van der Waals surface area contributed by atoms with Crippen LogP contribution in [0.3, 0.4) is 0 Å². The lowest BCUT2D eigenvalue weighted by atomic mass is 10.2. The Balaban J connectivity index is 1.29. The third-order valence-corrected chi connectivity index (χ3v) is 16.2. The van der Waals surface area contributed by atoms with Crippen LogP contribution < -0.4 is 0 Å². The van der Waals surface area contributed by atoms with Gasteiger partial charge >= 0.3 is 0 Å². The molecule has 10 aromatic rings. The van der Waals surface area contributed by atoms with Crippen molar-refractivity contribution < 1.29 is 5.11 Å². The molecule has 8 aromatic heterocycles. The highest BCUT2D eigenvalue weighted by Gasteiger charge is 2.24. The number of benzene rings is 2. The average molecular weight is 631 g/mol. The zero-order valence-electron chi connectivity index (χ0n) is 20.2. The SMILES string of the molecule is Cc1cc2c(s1)c1sc3c4cc5sc6c(sc7c8sc(C)nc8sc76)c5cc4sc3c1n2-c1ccc(O)cc1. The van der Waals surface area contributed by atoms with Crippen LogP contribution in [0.4, 0.5) is 0 Å². The minimum absolute atomic E-state index is 0.295. The van der Waals surface area contributed by atoms with Crippen LogP contribution in [-0.4, -0.2) is 14.7 Å². The highest BCUT2D eigenvalue weighted by Crippen LogP contribution is 2.54. The van der Waals surface area contributed by atoms with Gasteiger partial charge in [-0.2, -0.15) is 0 Å². The molecule has 3 nitrogen and oxygen atoms in total. The molecule has 10 heteroatoms. The molecule has 0 saturated carbocycles. The van der Waals surface area contributed by atoms with Crippen LogP contribution in [0.1, 0.15) is 9.88 Å². The Morgan fingerprint density at radius 2 is 1.26 bits per heavy atom. The maximum Gasteiger partial charge on any atom is 0.136 e. The maximum atomic E-state index is 9.94. The first-order chi connectivity index (χ1) is 19.0. The van der Waals surface area contributed by atoms with E-state index in [0.29, 0.717) is 5.75 Å². The van der Waals surface area contributed by atoms with Crippen LogP contribution in [0.2, 0.25) is 0 Å². The van der Waals surface area contributed by atoms with Gasteiger partial charge in [-0.25, -0.2) is 4.98 Å². The number of aryl methyl sites for hydroxylation is 2. The summed E-state index contributed by atoms with van der Waals surface area (Å²) in [5.41, 5.74) is 3.65. The Kier molecular flexibility index (Phi) is 4.19. The molecule has 10 rings (SSSR count). The van der Waals surface area contributed by atoms with Crippen LogP contribution >= 0.6 is 79.4 Å². The number of hydrogen-bond donors (Lipinski definition) is 1. The van der Waals surface area contributed by atoms with E-state index in [2.05, 4.69) is 36.6 Å². The molecule has 0 saturated heterocycles. The lowest BCUT2D eigenvalue weighted by Crippen LogP contribution is -1.91. The molecule has 2 aromatic carbocycles. The van der Waals surface area contributed by atoms with E-state index < -0.39 is 0 Å². The Bertz CT molecular complexity index is 2640. The smallest absolute Gasteiger partial charge is 0.136 e. The molecule has 8 heterocycles. The van der Waals surface area contributed by atoms with Gasteiger partial charge < -0.3 is 9.67 Å². The van der Waals surface area contributed by atoms with E-state index >= 15 is 0 Å². The second-order valence-corrected chi connectivity index (χ2v) is 17.4. The first-order valence-electron chi connectivity index (χ1n) is 12.3. The van der Waals surface area contributed by atoms with Crippen molar-refractivity contribution in [2.24, 2.45) is 0 Å². The van der Waals surface area contributed by atoms with E-state index in [4.69, 9.17) is 4.98 Å². The zero-order chi connectivity index (χ0) is 25.7. The highest BCUT2D eigenvalue weighted by molar-refractivity contribution is 7.46. The number of aromatic nitrogens is 2. The van der Waals surface area contributed by atoms with Crippen LogP contribution in [0.5, 0.6) is 5.75 Å². The summed E-state index contributed by atoms with van der Waals surface area (Å²) in [5.74, 6) is 0.295. The molecule has 0 radical (unpaired) electrons. The topological polar surface area (TPSA) is 38.0 Å². The van der Waals surface area contributed by atoms with Gasteiger partial charge in [0.25, 0.3) is 0 Å². The summed E-state index contributed by atoms with van der Waals surface area (Å²) in [7, 11) is 0. The van der Waals surface area contributed by atoms with Gasteiger partial charge in [-0.05, 0) is 56.3 Å². The van der Waals surface area contributed by atoms with E-state index in [-0.39, 0.29) is 0 Å². The summed E-state index contributed by atoms with van der Waals surface area (Å²) >= 11 is 13.3. The number of nitrogens with zero attached hydrogens (tertiary/aromatic N) is 2. The number of phenols is 1. The van der Waals surface area contributed by atoms with Crippen molar-refractivity contribution >= 4 is 158 Å². The Morgan fingerprint density at radius 3 is 2.05 bits per heavy atom. The molecule has 0 aliphatic heterocycles. The molecular weight excluding hydrogens is 617 g/mol. The van der Waals surface area contributed by atoms with E-state index in [1.807, 2.05) is 91.5 Å². The molecular formula is C29H14N2OS7. The van der Waals surface area contributed by atoms with Crippen molar-refractivity contribution in [2.75, 3.05) is 0 Å². The van der Waals surface area contributed by atoms with Crippen LogP contribution in [0.15, 0.2) is 42.5 Å². The van der Waals surface area contributed by atoms with Gasteiger partial charge in [0, 0.05) is 30.7 Å². The Morgan fingerprint density at radius 1 is 0.615 bits per heavy atom. The standard InChI is InChI=1S/C29H14N2OS7/c1-10-7-16-22(33-10)24-19(31(16)12-3-5-13(32)6-4-12)23-20(37-24)14-8-18-15(9-17(14)35-23)21-25(36-18)26-27(38-21)28-29(39-26)30-11(2)34-28/h3-9,32H,1-2H3. The second-order valence-electron chi connectivity index (χ2n) is 9.80. The van der Waals surface area contributed by atoms with Gasteiger partial charge in [-0.15, -0.1) is 79.4 Å². The molecule has 0 aliphatic carbocycles. The first kappa shape index (κ1) is 22.2. The fraction of sp³-hybridized carbons (Fsp3) is 0.0690. The molecule has 0 amide bonds. The van der Waals surface area contributed by atoms with Gasteiger partial charge in [0.1, 0.15) is 10.6 Å². The van der Waals surface area contributed by atoms with Crippen molar-refractivity contribution in [2.45, 2.75) is 13.8 Å². The van der Waals surface area contributed by atoms with Crippen LogP contribution in [0, 0.1) is 13.8 Å². The fourth-order valence-corrected chi connectivity index (χ4v) is 15.2. The fourth-order valence-electron chi connectivity index (χ4n) is 5.79. The van der Waals surface area contributed by atoms with Gasteiger partial charge in [-0.1, -0.05) is 0 Å². The summed E-state index contributed by atoms with van der Waals surface area (Å²) in [6.45, 7) is 4.29. The lowest BCUT2D eigenvalue weighted by Gasteiger charge is -2.06. The monoisotopic (exact) mass is 630 g/mol. The molecule has 1 N–H and O–H groups in total. The molecule has 0 atom stereocenters. The summed E-state index contributed by atoms with van der Waals surface area (Å²) in [6, 6.07) is 14.8. The van der Waals surface area contributed by atoms with Crippen molar-refractivity contribution in [1.82, 2.24) is 9.55 Å². The van der Waals surface area contributed by atoms with Crippen molar-refractivity contribution in [3.8, 4) is 11.4 Å². The van der Waals surface area contributed by atoms with Crippen molar-refractivity contribution in [3.05, 3.63) is 52.3 Å². The number of fused-ring (bicyclic) bond motifs is 14. The summed E-state index contributed by atoms with van der Waals surface area (Å²) in [6.07, 6.45) is 0. The van der Waals surface area contributed by atoms with Crippen LogP contribution in [0.25, 0.3) is 84.0 Å². The quantitative estimate of drug-likeness (QED) is 0.196. The number of thiophene rings is 6. The van der Waals surface area contributed by atoms with Gasteiger partial charge in [0.2, 0.25) is 0 Å². The number of aromatic hydroxyl groups is 1. The zero-order valence-corrected chi connectivity index (χ0v) is 26.0. The van der Waals surface area contributed by atoms with E-state index in [1.54, 1.807) is 12.1 Å². The molecule has 0 spiro atoms. The van der Waals surface area contributed by atoms with Crippen molar-refractivity contribution in [3.63, 3.8) is 0 Å². The van der Waals surface area contributed by atoms with Gasteiger partial charge in [0.15, 0.2) is 0 Å². The predicted molar refractivity (Wildman–Crippen MR) is 180 cm³/mol. The normalized spacial score (nSPS) is 13.0. The summed E-state index contributed by atoms with van der Waals surface area (Å²) in [4.78, 5) is 7.27. The molecule has 0 bridgehead atoms. The molecule has 0 fully saturated rings. The number of hydrogen-bond acceptors (Lipinski definition) is 9. The van der Waals surface area contributed by atoms with E-state index in [9.17, 15) is 5.11 Å². The van der Waals surface area contributed by atoms with E-state index in [1.165, 1.54) is 83.2 Å². The third kappa shape index (κ3) is 2.78. The van der Waals surface area contributed by atoms with Gasteiger partial charge in [-0.3, -0.25) is 0 Å². The summed E-state index contributed by atoms with van der Waals surface area (Å²) < 4.78 is 17.7. The van der Waals surface area contributed by atoms with Gasteiger partial charge in [0.05, 0.1) is 58.3 Å². The average Bonchev–Trinajstić information content (AvgIpc) is 3.74. The number of phenolic OH excluding ortho intramolecular Hbond substituents is 1. The lowest BCUT2D eigenvalue weighted by molar-refractivity contribution is 0.475. The minimum Gasteiger partial charge on any atom is -0.508 e. The number of rotatable bonds is 1. The second kappa shape index (κ2) is 7.38. The number of thiazole rings is 1. The molecule has 0 aliphatic rings. The predicted octanol–water partition coefficient (Wildman–Crippen LogP) is 11.9.